The first kappa shape index (κ1) is 21.3. The van der Waals surface area contributed by atoms with Crippen LogP contribution in [0.1, 0.15) is 36.5 Å². The topological polar surface area (TPSA) is 97.3 Å². The second kappa shape index (κ2) is 9.08. The van der Waals surface area contributed by atoms with Crippen molar-refractivity contribution in [3.63, 3.8) is 0 Å². The molecule has 31 heavy (non-hydrogen) atoms. The number of benzene rings is 1. The largest absolute Gasteiger partial charge is 0.397 e. The Morgan fingerprint density at radius 2 is 2.03 bits per heavy atom. The van der Waals surface area contributed by atoms with Gasteiger partial charge in [-0.15, -0.1) is 11.3 Å². The van der Waals surface area contributed by atoms with Gasteiger partial charge in [0.2, 0.25) is 0 Å². The number of amides is 1. The molecule has 1 aliphatic rings. The van der Waals surface area contributed by atoms with Gasteiger partial charge in [-0.25, -0.2) is 4.98 Å². The quantitative estimate of drug-likeness (QED) is 0.492. The molecule has 6 nitrogen and oxygen atoms in total. The molecule has 0 atom stereocenters. The van der Waals surface area contributed by atoms with E-state index in [1.807, 2.05) is 47.8 Å². The Morgan fingerprint density at radius 3 is 2.68 bits per heavy atom. The number of pyridine rings is 1. The van der Waals surface area contributed by atoms with E-state index in [9.17, 15) is 4.79 Å². The predicted octanol–water partition coefficient (Wildman–Crippen LogP) is 4.60. The molecule has 0 unspecified atom stereocenters. The van der Waals surface area contributed by atoms with Crippen LogP contribution >= 0.6 is 11.3 Å². The molecule has 3 heterocycles. The molecule has 1 amide bonds. The molecule has 7 heteroatoms. The third-order valence-corrected chi connectivity index (χ3v) is 7.08. The first-order chi connectivity index (χ1) is 15.0. The molecule has 1 fully saturated rings. The standard InChI is InChI=1S/C24H29N5OS/c1-24(8-11-25)9-12-29(13-10-24)22-7-5-18(16-27-22)23(30)28-20-15-17(4-6-19(20)26)21-3-2-14-31-21/h2-7,14-16H,8-13,25-26H2,1H3,(H,28,30). The Kier molecular flexibility index (Phi) is 6.25. The first-order valence-corrected chi connectivity index (χ1v) is 11.5. The zero-order valence-corrected chi connectivity index (χ0v) is 18.6. The molecule has 1 aromatic carbocycles. The summed E-state index contributed by atoms with van der Waals surface area (Å²) >= 11 is 1.65. The molecule has 3 aromatic rings. The van der Waals surface area contributed by atoms with Crippen LogP contribution in [0.2, 0.25) is 0 Å². The van der Waals surface area contributed by atoms with Crippen molar-refractivity contribution in [1.82, 2.24) is 4.98 Å². The van der Waals surface area contributed by atoms with Crippen LogP contribution in [0.3, 0.4) is 0 Å². The Bertz CT molecular complexity index is 1020. The third kappa shape index (κ3) is 4.89. The van der Waals surface area contributed by atoms with Gasteiger partial charge >= 0.3 is 0 Å². The molecule has 1 saturated heterocycles. The monoisotopic (exact) mass is 435 g/mol. The summed E-state index contributed by atoms with van der Waals surface area (Å²) in [7, 11) is 0. The lowest BCUT2D eigenvalue weighted by Crippen LogP contribution is -2.40. The number of aromatic nitrogens is 1. The number of nitrogens with zero attached hydrogens (tertiary/aromatic N) is 2. The number of rotatable bonds is 6. The van der Waals surface area contributed by atoms with Crippen LogP contribution < -0.4 is 21.7 Å². The zero-order valence-electron chi connectivity index (χ0n) is 17.8. The van der Waals surface area contributed by atoms with Gasteiger partial charge in [-0.05, 0) is 72.5 Å². The molecular weight excluding hydrogens is 406 g/mol. The average Bonchev–Trinajstić information content (AvgIpc) is 3.31. The van der Waals surface area contributed by atoms with Crippen LogP contribution in [0.15, 0.2) is 54.0 Å². The average molecular weight is 436 g/mol. The fourth-order valence-electron chi connectivity index (χ4n) is 4.04. The number of nitrogen functional groups attached to an aromatic ring is 1. The number of piperidine rings is 1. The molecule has 2 aromatic heterocycles. The molecule has 0 spiro atoms. The molecule has 1 aliphatic heterocycles. The number of hydrogen-bond acceptors (Lipinski definition) is 6. The van der Waals surface area contributed by atoms with Gasteiger partial charge in [0.1, 0.15) is 5.82 Å². The second-order valence-corrected chi connectivity index (χ2v) is 9.42. The molecule has 0 bridgehead atoms. The van der Waals surface area contributed by atoms with Crippen molar-refractivity contribution in [2.75, 3.05) is 35.6 Å². The summed E-state index contributed by atoms with van der Waals surface area (Å²) in [5, 5.41) is 4.95. The fraction of sp³-hybridized carbons (Fsp3) is 0.333. The Hall–Kier alpha value is -2.90. The number of nitrogens with one attached hydrogen (secondary N) is 1. The summed E-state index contributed by atoms with van der Waals surface area (Å²) in [6.45, 7) is 4.97. The highest BCUT2D eigenvalue weighted by molar-refractivity contribution is 7.13. The van der Waals surface area contributed by atoms with Gasteiger partial charge in [0.15, 0.2) is 0 Å². The summed E-state index contributed by atoms with van der Waals surface area (Å²) < 4.78 is 0. The van der Waals surface area contributed by atoms with Crippen LogP contribution in [0.5, 0.6) is 0 Å². The van der Waals surface area contributed by atoms with E-state index in [0.29, 0.717) is 22.4 Å². The van der Waals surface area contributed by atoms with Crippen molar-refractivity contribution >= 4 is 34.4 Å². The number of carbonyl (C=O) groups is 1. The van der Waals surface area contributed by atoms with Gasteiger partial charge in [-0.2, -0.15) is 0 Å². The Labute approximate surface area is 187 Å². The minimum Gasteiger partial charge on any atom is -0.397 e. The zero-order chi connectivity index (χ0) is 21.8. The third-order valence-electron chi connectivity index (χ3n) is 6.16. The molecule has 4 rings (SSSR count). The Morgan fingerprint density at radius 1 is 1.23 bits per heavy atom. The van der Waals surface area contributed by atoms with E-state index in [1.165, 1.54) is 0 Å². The van der Waals surface area contributed by atoms with E-state index in [-0.39, 0.29) is 5.91 Å². The SMILES string of the molecule is CC1(CCN)CCN(c2ccc(C(=O)Nc3cc(-c4cccs4)ccc3N)cn2)CC1. The highest BCUT2D eigenvalue weighted by atomic mass is 32.1. The molecule has 0 radical (unpaired) electrons. The van der Waals surface area contributed by atoms with Crippen molar-refractivity contribution < 1.29 is 4.79 Å². The number of hydrogen-bond donors (Lipinski definition) is 3. The summed E-state index contributed by atoms with van der Waals surface area (Å²) in [6, 6.07) is 13.5. The summed E-state index contributed by atoms with van der Waals surface area (Å²) in [6.07, 6.45) is 4.91. The van der Waals surface area contributed by atoms with Crippen molar-refractivity contribution in [1.29, 1.82) is 0 Å². The number of nitrogens with two attached hydrogens (primary N) is 2. The molecule has 0 saturated carbocycles. The van der Waals surface area contributed by atoms with Crippen LogP contribution in [0.4, 0.5) is 17.2 Å². The van der Waals surface area contributed by atoms with Crippen LogP contribution in [0, 0.1) is 5.41 Å². The van der Waals surface area contributed by atoms with Gasteiger partial charge in [-0.1, -0.05) is 19.1 Å². The summed E-state index contributed by atoms with van der Waals surface area (Å²) in [5.74, 6) is 0.689. The van der Waals surface area contributed by atoms with Gasteiger partial charge < -0.3 is 21.7 Å². The smallest absolute Gasteiger partial charge is 0.257 e. The lowest BCUT2D eigenvalue weighted by molar-refractivity contribution is 0.102. The normalized spacial score (nSPS) is 15.6. The highest BCUT2D eigenvalue weighted by Crippen LogP contribution is 2.35. The Balaban J connectivity index is 1.42. The number of anilines is 3. The molecule has 162 valence electrons. The van der Waals surface area contributed by atoms with Crippen molar-refractivity contribution in [3.05, 3.63) is 59.6 Å². The van der Waals surface area contributed by atoms with Gasteiger partial charge in [0.25, 0.3) is 5.91 Å². The molecule has 5 N–H and O–H groups in total. The molecule has 0 aliphatic carbocycles. The van der Waals surface area contributed by atoms with E-state index in [4.69, 9.17) is 11.5 Å². The van der Waals surface area contributed by atoms with Crippen molar-refractivity contribution in [3.8, 4) is 10.4 Å². The maximum Gasteiger partial charge on any atom is 0.257 e. The van der Waals surface area contributed by atoms with E-state index in [2.05, 4.69) is 22.1 Å². The highest BCUT2D eigenvalue weighted by Gasteiger charge is 2.29. The number of carbonyl (C=O) groups excluding carboxylic acids is 1. The van der Waals surface area contributed by atoms with Gasteiger partial charge in [0, 0.05) is 24.2 Å². The lowest BCUT2D eigenvalue weighted by atomic mass is 9.77. The van der Waals surface area contributed by atoms with Crippen molar-refractivity contribution in [2.45, 2.75) is 26.2 Å². The van der Waals surface area contributed by atoms with E-state index < -0.39 is 0 Å². The van der Waals surface area contributed by atoms with Gasteiger partial charge in [0.05, 0.1) is 16.9 Å². The summed E-state index contributed by atoms with van der Waals surface area (Å²) in [4.78, 5) is 20.7. The van der Waals surface area contributed by atoms with Gasteiger partial charge in [-0.3, -0.25) is 4.79 Å². The van der Waals surface area contributed by atoms with E-state index >= 15 is 0 Å². The van der Waals surface area contributed by atoms with Crippen LogP contribution in [-0.4, -0.2) is 30.5 Å². The number of thiophene rings is 1. The second-order valence-electron chi connectivity index (χ2n) is 8.47. The fourth-order valence-corrected chi connectivity index (χ4v) is 4.76. The van der Waals surface area contributed by atoms with Crippen molar-refractivity contribution in [2.24, 2.45) is 11.1 Å². The minimum absolute atomic E-state index is 0.219. The van der Waals surface area contributed by atoms with E-state index in [1.54, 1.807) is 17.5 Å². The summed E-state index contributed by atoms with van der Waals surface area (Å²) in [5.41, 5.74) is 14.9. The van der Waals surface area contributed by atoms with E-state index in [0.717, 1.165) is 55.2 Å². The van der Waals surface area contributed by atoms with Crippen LogP contribution in [-0.2, 0) is 0 Å². The first-order valence-electron chi connectivity index (χ1n) is 10.6. The predicted molar refractivity (Wildman–Crippen MR) is 130 cm³/mol. The molecular formula is C24H29N5OS. The minimum atomic E-state index is -0.219. The lowest BCUT2D eigenvalue weighted by Gasteiger charge is -2.39. The van der Waals surface area contributed by atoms with Crippen LogP contribution in [0.25, 0.3) is 10.4 Å². The maximum absolute atomic E-state index is 12.8. The maximum atomic E-state index is 12.8.